The van der Waals surface area contributed by atoms with E-state index in [0.717, 1.165) is 5.69 Å². The third-order valence-electron chi connectivity index (χ3n) is 3.49. The Balaban J connectivity index is 1.82. The van der Waals surface area contributed by atoms with E-state index in [-0.39, 0.29) is 23.1 Å². The molecule has 0 spiro atoms. The van der Waals surface area contributed by atoms with E-state index in [0.29, 0.717) is 10.8 Å². The molecule has 1 N–H and O–H groups in total. The third kappa shape index (κ3) is 3.71. The van der Waals surface area contributed by atoms with Crippen molar-refractivity contribution in [2.24, 2.45) is 0 Å². The summed E-state index contributed by atoms with van der Waals surface area (Å²) >= 11 is 11.9. The van der Waals surface area contributed by atoms with Crippen LogP contribution in [0.5, 0.6) is 0 Å². The standard InChI is InChI=1S/C18H12Cl2FN3O/c19-12-4-6-13(7-5-12)23-9-8-17-16(10-22)24(11-25-17)18-14(20)2-1-3-15(18)21/h1-9,23H,11H2. The van der Waals surface area contributed by atoms with Crippen LogP contribution in [0.2, 0.25) is 10.0 Å². The van der Waals surface area contributed by atoms with Crippen molar-refractivity contribution in [3.8, 4) is 6.07 Å². The molecular weight excluding hydrogens is 364 g/mol. The van der Waals surface area contributed by atoms with Gasteiger partial charge in [0.2, 0.25) is 0 Å². The van der Waals surface area contributed by atoms with E-state index in [4.69, 9.17) is 27.9 Å². The predicted molar refractivity (Wildman–Crippen MR) is 96.7 cm³/mol. The molecule has 0 unspecified atom stereocenters. The first-order chi connectivity index (χ1) is 12.1. The van der Waals surface area contributed by atoms with Gasteiger partial charge in [-0.25, -0.2) is 4.39 Å². The molecule has 1 aliphatic rings. The summed E-state index contributed by atoms with van der Waals surface area (Å²) in [6, 6.07) is 13.5. The number of anilines is 2. The van der Waals surface area contributed by atoms with Gasteiger partial charge in [-0.15, -0.1) is 0 Å². The van der Waals surface area contributed by atoms with E-state index >= 15 is 0 Å². The van der Waals surface area contributed by atoms with Gasteiger partial charge in [0.25, 0.3) is 0 Å². The van der Waals surface area contributed by atoms with Gasteiger partial charge in [-0.3, -0.25) is 4.90 Å². The van der Waals surface area contributed by atoms with Crippen LogP contribution in [-0.2, 0) is 4.74 Å². The van der Waals surface area contributed by atoms with Gasteiger partial charge in [0.1, 0.15) is 11.9 Å². The van der Waals surface area contributed by atoms with Crippen molar-refractivity contribution in [2.75, 3.05) is 16.9 Å². The van der Waals surface area contributed by atoms with Gasteiger partial charge in [-0.05, 0) is 42.5 Å². The molecule has 4 nitrogen and oxygen atoms in total. The van der Waals surface area contributed by atoms with Crippen molar-refractivity contribution in [3.63, 3.8) is 0 Å². The summed E-state index contributed by atoms with van der Waals surface area (Å²) in [6.45, 7) is 0.00413. The van der Waals surface area contributed by atoms with Crippen LogP contribution in [0.15, 0.2) is 66.2 Å². The van der Waals surface area contributed by atoms with Gasteiger partial charge in [0.15, 0.2) is 18.2 Å². The largest absolute Gasteiger partial charge is 0.470 e. The molecule has 0 aromatic heterocycles. The minimum absolute atomic E-state index is 0.00413. The van der Waals surface area contributed by atoms with Crippen molar-refractivity contribution >= 4 is 34.6 Å². The number of nitriles is 1. The molecule has 25 heavy (non-hydrogen) atoms. The third-order valence-corrected chi connectivity index (χ3v) is 4.05. The Bertz CT molecular complexity index is 868. The second kappa shape index (κ2) is 7.47. The lowest BCUT2D eigenvalue weighted by Gasteiger charge is -2.17. The molecule has 0 radical (unpaired) electrons. The highest BCUT2D eigenvalue weighted by atomic mass is 35.5. The van der Waals surface area contributed by atoms with Crippen LogP contribution in [-0.4, -0.2) is 6.73 Å². The Labute approximate surface area is 154 Å². The first-order valence-electron chi connectivity index (χ1n) is 7.27. The van der Waals surface area contributed by atoms with E-state index in [1.807, 2.05) is 18.2 Å². The van der Waals surface area contributed by atoms with E-state index in [1.54, 1.807) is 30.5 Å². The SMILES string of the molecule is N#CC1=C(C=CNc2ccc(Cl)cc2)OCN1c1c(F)cccc1Cl. The monoisotopic (exact) mass is 375 g/mol. The Hall–Kier alpha value is -2.68. The zero-order valence-electron chi connectivity index (χ0n) is 12.8. The summed E-state index contributed by atoms with van der Waals surface area (Å²) in [6.07, 6.45) is 3.23. The maximum Gasteiger partial charge on any atom is 0.166 e. The average molecular weight is 376 g/mol. The molecule has 0 saturated carbocycles. The number of allylic oxidation sites excluding steroid dienone is 2. The van der Waals surface area contributed by atoms with Crippen LogP contribution in [0, 0.1) is 17.1 Å². The Morgan fingerprint density at radius 1 is 1.20 bits per heavy atom. The quantitative estimate of drug-likeness (QED) is 0.788. The number of hydrogen-bond donors (Lipinski definition) is 1. The van der Waals surface area contributed by atoms with Crippen LogP contribution < -0.4 is 10.2 Å². The molecule has 2 aromatic carbocycles. The second-order valence-electron chi connectivity index (χ2n) is 5.08. The summed E-state index contributed by atoms with van der Waals surface area (Å²) in [5.74, 6) is -0.198. The van der Waals surface area contributed by atoms with Crippen molar-refractivity contribution in [1.29, 1.82) is 5.26 Å². The molecule has 1 heterocycles. The fourth-order valence-corrected chi connectivity index (χ4v) is 2.72. The lowest BCUT2D eigenvalue weighted by molar-refractivity contribution is 0.257. The molecule has 0 aliphatic carbocycles. The molecule has 1 aliphatic heterocycles. The van der Waals surface area contributed by atoms with E-state index in [2.05, 4.69) is 5.32 Å². The minimum Gasteiger partial charge on any atom is -0.470 e. The Morgan fingerprint density at radius 3 is 2.64 bits per heavy atom. The van der Waals surface area contributed by atoms with Gasteiger partial charge in [-0.1, -0.05) is 29.3 Å². The lowest BCUT2D eigenvalue weighted by atomic mass is 10.2. The predicted octanol–water partition coefficient (Wildman–Crippen LogP) is 5.29. The summed E-state index contributed by atoms with van der Waals surface area (Å²) in [5.41, 5.74) is 1.13. The van der Waals surface area contributed by atoms with Crippen LogP contribution in [0.25, 0.3) is 0 Å². The number of halogens is 3. The number of nitrogens with one attached hydrogen (secondary N) is 1. The molecule has 0 atom stereocenters. The average Bonchev–Trinajstić information content (AvgIpc) is 2.99. The zero-order chi connectivity index (χ0) is 17.8. The van der Waals surface area contributed by atoms with Crippen molar-refractivity contribution in [3.05, 3.63) is 82.1 Å². The number of para-hydroxylation sites is 1. The maximum atomic E-state index is 14.1. The fraction of sp³-hybridized carbons (Fsp3) is 0.0556. The molecule has 0 amide bonds. The number of hydrogen-bond acceptors (Lipinski definition) is 4. The zero-order valence-corrected chi connectivity index (χ0v) is 14.4. The molecule has 0 bridgehead atoms. The second-order valence-corrected chi connectivity index (χ2v) is 5.92. The molecule has 3 rings (SSSR count). The lowest BCUT2D eigenvalue weighted by Crippen LogP contribution is -2.20. The van der Waals surface area contributed by atoms with Gasteiger partial charge < -0.3 is 10.1 Å². The Kier molecular flexibility index (Phi) is 5.13. The first-order valence-corrected chi connectivity index (χ1v) is 8.03. The van der Waals surface area contributed by atoms with Crippen LogP contribution in [0.3, 0.4) is 0 Å². The van der Waals surface area contributed by atoms with Crippen molar-refractivity contribution in [1.82, 2.24) is 0 Å². The first kappa shape index (κ1) is 17.2. The molecule has 0 fully saturated rings. The summed E-state index contributed by atoms with van der Waals surface area (Å²) in [7, 11) is 0. The van der Waals surface area contributed by atoms with Crippen LogP contribution >= 0.6 is 23.2 Å². The number of ether oxygens (including phenoxy) is 1. The molecule has 0 saturated heterocycles. The van der Waals surface area contributed by atoms with Gasteiger partial charge >= 0.3 is 0 Å². The van der Waals surface area contributed by atoms with Crippen molar-refractivity contribution in [2.45, 2.75) is 0 Å². The number of rotatable bonds is 4. The van der Waals surface area contributed by atoms with Gasteiger partial charge in [-0.2, -0.15) is 5.26 Å². The molecular formula is C18H12Cl2FN3O. The van der Waals surface area contributed by atoms with E-state index in [1.165, 1.54) is 17.0 Å². The summed E-state index contributed by atoms with van der Waals surface area (Å²) in [4.78, 5) is 1.40. The summed E-state index contributed by atoms with van der Waals surface area (Å²) in [5, 5.41) is 13.3. The molecule has 7 heteroatoms. The molecule has 2 aromatic rings. The highest BCUT2D eigenvalue weighted by molar-refractivity contribution is 6.33. The smallest absolute Gasteiger partial charge is 0.166 e. The minimum atomic E-state index is -0.520. The number of nitrogens with zero attached hydrogens (tertiary/aromatic N) is 2. The van der Waals surface area contributed by atoms with Gasteiger partial charge in [0.05, 0.1) is 10.7 Å². The van der Waals surface area contributed by atoms with Gasteiger partial charge in [0, 0.05) is 16.9 Å². The molecule has 126 valence electrons. The maximum absolute atomic E-state index is 14.1. The van der Waals surface area contributed by atoms with E-state index in [9.17, 15) is 9.65 Å². The van der Waals surface area contributed by atoms with E-state index < -0.39 is 5.82 Å². The normalized spacial score (nSPS) is 13.9. The van der Waals surface area contributed by atoms with Crippen molar-refractivity contribution < 1.29 is 9.13 Å². The highest BCUT2D eigenvalue weighted by Crippen LogP contribution is 2.35. The fourth-order valence-electron chi connectivity index (χ4n) is 2.33. The summed E-state index contributed by atoms with van der Waals surface area (Å²) < 4.78 is 19.6. The number of benzene rings is 2. The van der Waals surface area contributed by atoms with Crippen LogP contribution in [0.4, 0.5) is 15.8 Å². The highest BCUT2D eigenvalue weighted by Gasteiger charge is 2.27. The topological polar surface area (TPSA) is 48.3 Å². The van der Waals surface area contributed by atoms with Crippen LogP contribution in [0.1, 0.15) is 0 Å². The Morgan fingerprint density at radius 2 is 1.96 bits per heavy atom.